The minimum atomic E-state index is -3.38. The van der Waals surface area contributed by atoms with Crippen LogP contribution in [0.25, 0.3) is 42.2 Å². The second kappa shape index (κ2) is 13.4. The van der Waals surface area contributed by atoms with Crippen LogP contribution in [0.1, 0.15) is 6.92 Å². The molecule has 1 N–H and O–H groups in total. The van der Waals surface area contributed by atoms with Gasteiger partial charge in [0, 0.05) is 54.0 Å². The van der Waals surface area contributed by atoms with Gasteiger partial charge < -0.3 is 5.32 Å². The molecule has 0 fully saturated rings. The van der Waals surface area contributed by atoms with Gasteiger partial charge in [-0.15, -0.1) is 22.7 Å². The van der Waals surface area contributed by atoms with Gasteiger partial charge in [0.05, 0.1) is 63.7 Å². The number of nitrogens with one attached hydrogen (secondary N) is 1. The van der Waals surface area contributed by atoms with Crippen LogP contribution in [0.3, 0.4) is 0 Å². The molecule has 0 saturated heterocycles. The van der Waals surface area contributed by atoms with Crippen LogP contribution in [0.2, 0.25) is 0 Å². The number of hydrogen-bond acceptors (Lipinski definition) is 12. The molecule has 0 aliphatic heterocycles. The van der Waals surface area contributed by atoms with E-state index in [-0.39, 0.29) is 15.7 Å². The predicted octanol–water partition coefficient (Wildman–Crippen LogP) is 7.92. The van der Waals surface area contributed by atoms with Crippen molar-refractivity contribution in [1.82, 2.24) is 19.9 Å². The van der Waals surface area contributed by atoms with Gasteiger partial charge in [0.25, 0.3) is 0 Å². The lowest BCUT2D eigenvalue weighted by Gasteiger charge is -2.23. The van der Waals surface area contributed by atoms with E-state index in [0.29, 0.717) is 22.3 Å². The molecule has 51 heavy (non-hydrogen) atoms. The number of carbonyl (C=O) groups excluding carboxylic acids is 1. The number of pyridine rings is 2. The van der Waals surface area contributed by atoms with Gasteiger partial charge in [-0.1, -0.05) is 0 Å². The van der Waals surface area contributed by atoms with Gasteiger partial charge in [0.2, 0.25) is 5.91 Å². The largest absolute Gasteiger partial charge is 0.355 e. The minimum absolute atomic E-state index is 0.183. The van der Waals surface area contributed by atoms with Crippen molar-refractivity contribution < 1.29 is 21.6 Å². The Labute approximate surface area is 301 Å². The Morgan fingerprint density at radius 1 is 0.627 bits per heavy atom. The van der Waals surface area contributed by atoms with Crippen molar-refractivity contribution in [2.45, 2.75) is 16.7 Å². The zero-order valence-electron chi connectivity index (χ0n) is 27.3. The summed E-state index contributed by atoms with van der Waals surface area (Å²) in [5.74, 6) is -0.193. The lowest BCUT2D eigenvalue weighted by atomic mass is 10.1. The molecule has 4 aromatic heterocycles. The van der Waals surface area contributed by atoms with Gasteiger partial charge in [-0.05, 0) is 84.9 Å². The van der Waals surface area contributed by atoms with Crippen LogP contribution in [0, 0.1) is 0 Å². The quantitative estimate of drug-likeness (QED) is 0.177. The number of benzene rings is 4. The standard InChI is InChI=1S/C19H15N3O3S2.C17H13N3O2S2/c1-12(23)22(13-3-6-19-17(9-13)21-11-26-19)18-7-8-20-16-5-4-14(10-15(16)18)27(2,24)25;1-24(21,22)12-3-4-14-13(9-12)15(6-7-18-14)20-11-2-5-17-16(8-11)19-10-23-17/h3-11H,1-2H3;2-10H,1H3,(H,18,20). The van der Waals surface area contributed by atoms with Crippen LogP contribution >= 0.6 is 22.7 Å². The van der Waals surface area contributed by atoms with E-state index in [1.807, 2.05) is 48.0 Å². The fourth-order valence-corrected chi connectivity index (χ4v) is 8.18. The maximum Gasteiger partial charge on any atom is 0.228 e. The molecule has 0 bridgehead atoms. The van der Waals surface area contributed by atoms with E-state index in [2.05, 4.69) is 25.3 Å². The Morgan fingerprint density at radius 2 is 1.20 bits per heavy atom. The molecule has 256 valence electrons. The highest BCUT2D eigenvalue weighted by atomic mass is 32.2. The highest BCUT2D eigenvalue weighted by Gasteiger charge is 2.20. The van der Waals surface area contributed by atoms with Crippen molar-refractivity contribution >= 4 is 113 Å². The van der Waals surface area contributed by atoms with Crippen molar-refractivity contribution in [1.29, 1.82) is 0 Å². The molecule has 0 atom stereocenters. The second-order valence-electron chi connectivity index (χ2n) is 11.6. The average Bonchev–Trinajstić information content (AvgIpc) is 3.77. The van der Waals surface area contributed by atoms with E-state index in [1.165, 1.54) is 30.6 Å². The van der Waals surface area contributed by atoms with Crippen molar-refractivity contribution in [2.24, 2.45) is 0 Å². The van der Waals surface area contributed by atoms with Crippen LogP contribution in [-0.2, 0) is 24.5 Å². The van der Waals surface area contributed by atoms with Crippen molar-refractivity contribution in [3.63, 3.8) is 0 Å². The molecule has 0 unspecified atom stereocenters. The summed E-state index contributed by atoms with van der Waals surface area (Å²) >= 11 is 3.12. The lowest BCUT2D eigenvalue weighted by Crippen LogP contribution is -2.23. The summed E-state index contributed by atoms with van der Waals surface area (Å²) in [4.78, 5) is 31.8. The summed E-state index contributed by atoms with van der Waals surface area (Å²) in [6.07, 6.45) is 5.66. The summed E-state index contributed by atoms with van der Waals surface area (Å²) < 4.78 is 49.7. The Balaban J connectivity index is 0.000000160. The molecule has 1 amide bonds. The highest BCUT2D eigenvalue weighted by molar-refractivity contribution is 7.91. The van der Waals surface area contributed by atoms with E-state index in [4.69, 9.17) is 0 Å². The zero-order valence-corrected chi connectivity index (χ0v) is 30.6. The Hall–Kier alpha value is -5.35. The molecule has 8 aromatic rings. The molecule has 0 spiro atoms. The summed E-state index contributed by atoms with van der Waals surface area (Å²) in [6, 6.07) is 24.8. The number of carbonyl (C=O) groups is 1. The monoisotopic (exact) mass is 752 g/mol. The van der Waals surface area contributed by atoms with E-state index in [9.17, 15) is 21.6 Å². The van der Waals surface area contributed by atoms with E-state index >= 15 is 0 Å². The summed E-state index contributed by atoms with van der Waals surface area (Å²) in [5.41, 5.74) is 9.60. The van der Waals surface area contributed by atoms with Crippen LogP contribution in [0.4, 0.5) is 22.7 Å². The summed E-state index contributed by atoms with van der Waals surface area (Å²) in [5, 5.41) is 4.69. The fraction of sp³-hybridized carbons (Fsp3) is 0.0833. The van der Waals surface area contributed by atoms with E-state index in [1.54, 1.807) is 70.5 Å². The number of aromatic nitrogens is 4. The molecule has 15 heteroatoms. The minimum Gasteiger partial charge on any atom is -0.355 e. The van der Waals surface area contributed by atoms with Crippen LogP contribution < -0.4 is 10.2 Å². The first-order chi connectivity index (χ1) is 24.3. The molecule has 0 aliphatic rings. The zero-order chi connectivity index (χ0) is 35.9. The van der Waals surface area contributed by atoms with Crippen molar-refractivity contribution in [3.8, 4) is 0 Å². The predicted molar refractivity (Wildman–Crippen MR) is 205 cm³/mol. The molecule has 0 saturated carbocycles. The molecule has 11 nitrogen and oxygen atoms in total. The number of sulfone groups is 2. The first kappa shape index (κ1) is 34.1. The van der Waals surface area contributed by atoms with Crippen LogP contribution in [-0.4, -0.2) is 55.2 Å². The van der Waals surface area contributed by atoms with E-state index in [0.717, 1.165) is 49.0 Å². The third-order valence-corrected chi connectivity index (χ3v) is 11.8. The summed E-state index contributed by atoms with van der Waals surface area (Å²) in [7, 11) is -6.65. The van der Waals surface area contributed by atoms with Crippen molar-refractivity contribution in [2.75, 3.05) is 22.7 Å². The summed E-state index contributed by atoms with van der Waals surface area (Å²) in [6.45, 7) is 1.47. The fourth-order valence-electron chi connectivity index (χ4n) is 5.57. The smallest absolute Gasteiger partial charge is 0.228 e. The molecular formula is C36H28N6O5S4. The number of anilines is 4. The van der Waals surface area contributed by atoms with Gasteiger partial charge >= 0.3 is 0 Å². The number of rotatable bonds is 6. The Kier molecular flexibility index (Phi) is 8.97. The SMILES string of the molecule is CC(=O)N(c1ccc2scnc2c1)c1ccnc2ccc(S(C)(=O)=O)cc12.CS(=O)(=O)c1ccc2nccc(Nc3ccc4scnc4c3)c2c1. The lowest BCUT2D eigenvalue weighted by molar-refractivity contribution is -0.115. The van der Waals surface area contributed by atoms with Gasteiger partial charge in [0.15, 0.2) is 19.7 Å². The number of hydrogen-bond donors (Lipinski definition) is 1. The maximum atomic E-state index is 12.5. The molecule has 4 heterocycles. The maximum absolute atomic E-state index is 12.5. The molecule has 0 radical (unpaired) electrons. The average molecular weight is 753 g/mol. The molecule has 0 aliphatic carbocycles. The molecule has 4 aromatic carbocycles. The third kappa shape index (κ3) is 7.14. The first-order valence-corrected chi connectivity index (χ1v) is 20.8. The van der Waals surface area contributed by atoms with Crippen molar-refractivity contribution in [3.05, 3.63) is 108 Å². The third-order valence-electron chi connectivity index (χ3n) is 8.00. The highest BCUT2D eigenvalue weighted by Crippen LogP contribution is 2.35. The number of amides is 1. The number of thiazole rings is 2. The molecular weight excluding hydrogens is 725 g/mol. The Morgan fingerprint density at radius 3 is 1.82 bits per heavy atom. The topological polar surface area (TPSA) is 152 Å². The first-order valence-electron chi connectivity index (χ1n) is 15.3. The van der Waals surface area contributed by atoms with E-state index < -0.39 is 19.7 Å². The second-order valence-corrected chi connectivity index (χ2v) is 17.4. The number of fused-ring (bicyclic) bond motifs is 4. The molecule has 8 rings (SSSR count). The van der Waals surface area contributed by atoms with Gasteiger partial charge in [-0.2, -0.15) is 0 Å². The van der Waals surface area contributed by atoms with Crippen LogP contribution in [0.5, 0.6) is 0 Å². The normalized spacial score (nSPS) is 11.8. The number of nitrogens with zero attached hydrogens (tertiary/aromatic N) is 5. The van der Waals surface area contributed by atoms with Gasteiger partial charge in [-0.3, -0.25) is 19.7 Å². The Bertz CT molecular complexity index is 2850. The van der Waals surface area contributed by atoms with Crippen LogP contribution in [0.15, 0.2) is 118 Å². The van der Waals surface area contributed by atoms with Gasteiger partial charge in [-0.25, -0.2) is 26.8 Å². The van der Waals surface area contributed by atoms with Gasteiger partial charge in [0.1, 0.15) is 0 Å².